The van der Waals surface area contributed by atoms with Gasteiger partial charge in [-0.15, -0.1) is 24.9 Å². The van der Waals surface area contributed by atoms with Gasteiger partial charge >= 0.3 is 0 Å². The Hall–Kier alpha value is -1.80. The number of carbonyl (C=O) groups is 3. The van der Waals surface area contributed by atoms with Crippen molar-refractivity contribution in [2.24, 2.45) is 11.8 Å². The van der Waals surface area contributed by atoms with E-state index < -0.39 is 28.2 Å². The monoisotopic (exact) mass is 477 g/mol. The Morgan fingerprint density at radius 2 is 1.85 bits per heavy atom. The Balaban J connectivity index is 2.10. The second kappa shape index (κ2) is 9.10. The van der Waals surface area contributed by atoms with Gasteiger partial charge in [-0.1, -0.05) is 12.2 Å². The van der Waals surface area contributed by atoms with Crippen LogP contribution in [0, 0.1) is 11.8 Å². The van der Waals surface area contributed by atoms with E-state index >= 15 is 0 Å². The van der Waals surface area contributed by atoms with Gasteiger partial charge in [-0.3, -0.25) is 14.4 Å². The van der Waals surface area contributed by atoms with E-state index in [0.717, 1.165) is 12.8 Å². The molecular weight excluding hydrogens is 438 g/mol. The Kier molecular flexibility index (Phi) is 7.12. The summed E-state index contributed by atoms with van der Waals surface area (Å²) in [5.41, 5.74) is -0.448. The van der Waals surface area contributed by atoms with Gasteiger partial charge in [-0.2, -0.15) is 0 Å². The number of hydrogen-bond donors (Lipinski definition) is 1. The fourth-order valence-corrected chi connectivity index (χ4v) is 8.40. The molecule has 3 aliphatic heterocycles. The van der Waals surface area contributed by atoms with Gasteiger partial charge in [-0.05, 0) is 47.0 Å². The second-order valence-electron chi connectivity index (χ2n) is 10.8. The Morgan fingerprint density at radius 1 is 1.21 bits per heavy atom. The van der Waals surface area contributed by atoms with Gasteiger partial charge in [0.2, 0.25) is 17.7 Å². The number of rotatable bonds is 9. The normalized spacial score (nSPS) is 32.6. The Bertz CT molecular complexity index is 840. The highest BCUT2D eigenvalue weighted by molar-refractivity contribution is 8.02. The number of nitrogens with zero attached hydrogens (tertiary/aromatic N) is 3. The van der Waals surface area contributed by atoms with Crippen molar-refractivity contribution in [2.45, 2.75) is 68.0 Å². The second-order valence-corrected chi connectivity index (χ2v) is 12.6. The quantitative estimate of drug-likeness (QED) is 0.516. The lowest BCUT2D eigenvalue weighted by atomic mass is 9.66. The van der Waals surface area contributed by atoms with Crippen LogP contribution in [-0.2, 0) is 14.4 Å². The number of likely N-dealkylation sites (N-methyl/N-ethyl adjacent to an activating group) is 1. The van der Waals surface area contributed by atoms with E-state index in [0.29, 0.717) is 26.1 Å². The minimum absolute atomic E-state index is 0.0567. The van der Waals surface area contributed by atoms with Crippen molar-refractivity contribution in [3.05, 3.63) is 25.3 Å². The van der Waals surface area contributed by atoms with Crippen molar-refractivity contribution < 1.29 is 19.5 Å². The zero-order chi connectivity index (χ0) is 24.8. The van der Waals surface area contributed by atoms with Crippen LogP contribution in [-0.4, -0.2) is 91.9 Å². The summed E-state index contributed by atoms with van der Waals surface area (Å²) >= 11 is 1.68. The maximum Gasteiger partial charge on any atom is 0.247 e. The van der Waals surface area contributed by atoms with E-state index in [9.17, 15) is 19.5 Å². The highest BCUT2D eigenvalue weighted by Gasteiger charge is 2.77. The summed E-state index contributed by atoms with van der Waals surface area (Å²) in [7, 11) is 1.74. The van der Waals surface area contributed by atoms with E-state index in [1.54, 1.807) is 45.7 Å². The van der Waals surface area contributed by atoms with Gasteiger partial charge in [0.05, 0.1) is 16.6 Å². The molecule has 5 atom stereocenters. The van der Waals surface area contributed by atoms with Crippen LogP contribution in [0.3, 0.4) is 0 Å². The van der Waals surface area contributed by atoms with Gasteiger partial charge in [0, 0.05) is 43.6 Å². The van der Waals surface area contributed by atoms with Crippen molar-refractivity contribution in [3.8, 4) is 0 Å². The first-order chi connectivity index (χ1) is 15.4. The highest BCUT2D eigenvalue weighted by atomic mass is 32.2. The first-order valence-electron chi connectivity index (χ1n) is 11.8. The van der Waals surface area contributed by atoms with Crippen molar-refractivity contribution in [2.75, 3.05) is 33.3 Å². The lowest BCUT2D eigenvalue weighted by Crippen LogP contribution is -2.59. The predicted molar refractivity (Wildman–Crippen MR) is 132 cm³/mol. The summed E-state index contributed by atoms with van der Waals surface area (Å²) in [4.78, 5) is 46.7. The summed E-state index contributed by atoms with van der Waals surface area (Å²) in [5.74, 6) is -1.31. The number of carbonyl (C=O) groups excluding carboxylic acids is 3. The molecule has 0 aliphatic carbocycles. The van der Waals surface area contributed by atoms with Crippen LogP contribution in [0.1, 0.15) is 47.0 Å². The molecule has 33 heavy (non-hydrogen) atoms. The molecule has 0 saturated carbocycles. The lowest BCUT2D eigenvalue weighted by molar-refractivity contribution is -0.146. The molecule has 184 valence electrons. The number of fused-ring (bicyclic) bond motifs is 1. The molecule has 2 unspecified atom stereocenters. The van der Waals surface area contributed by atoms with E-state index in [1.165, 1.54) is 0 Å². The molecule has 3 rings (SSSR count). The predicted octanol–water partition coefficient (Wildman–Crippen LogP) is 2.31. The molecule has 3 fully saturated rings. The maximum absolute atomic E-state index is 14.1. The maximum atomic E-state index is 14.1. The van der Waals surface area contributed by atoms with Crippen LogP contribution in [0.25, 0.3) is 0 Å². The third-order valence-corrected chi connectivity index (χ3v) is 9.49. The minimum Gasteiger partial charge on any atom is -0.396 e. The molecule has 7 nitrogen and oxygen atoms in total. The summed E-state index contributed by atoms with van der Waals surface area (Å²) < 4.78 is -1.03. The van der Waals surface area contributed by atoms with Gasteiger partial charge < -0.3 is 19.8 Å². The molecule has 3 amide bonds. The molecule has 0 aromatic heterocycles. The van der Waals surface area contributed by atoms with Crippen LogP contribution in [0.15, 0.2) is 25.3 Å². The fourth-order valence-electron chi connectivity index (χ4n) is 6.05. The van der Waals surface area contributed by atoms with Crippen molar-refractivity contribution >= 4 is 29.5 Å². The average molecular weight is 478 g/mol. The third kappa shape index (κ3) is 4.03. The first-order valence-corrected chi connectivity index (χ1v) is 12.6. The van der Waals surface area contributed by atoms with Crippen LogP contribution in [0.4, 0.5) is 0 Å². The number of thioether (sulfide) groups is 1. The largest absolute Gasteiger partial charge is 0.396 e. The molecule has 0 aromatic rings. The molecule has 0 aromatic carbocycles. The molecule has 3 aliphatic rings. The molecule has 8 heteroatoms. The highest BCUT2D eigenvalue weighted by Crippen LogP contribution is 2.71. The smallest absolute Gasteiger partial charge is 0.247 e. The molecular formula is C25H39N3O4S. The van der Waals surface area contributed by atoms with E-state index in [2.05, 4.69) is 20.1 Å². The Morgan fingerprint density at radius 3 is 2.39 bits per heavy atom. The van der Waals surface area contributed by atoms with Crippen LogP contribution < -0.4 is 0 Å². The topological polar surface area (TPSA) is 81.2 Å². The van der Waals surface area contributed by atoms with Crippen molar-refractivity contribution in [1.29, 1.82) is 0 Å². The summed E-state index contributed by atoms with van der Waals surface area (Å²) in [6.07, 6.45) is 5.30. The van der Waals surface area contributed by atoms with Crippen LogP contribution >= 0.6 is 11.8 Å². The lowest BCUT2D eigenvalue weighted by Gasteiger charge is -2.42. The third-order valence-electron chi connectivity index (χ3n) is 7.50. The van der Waals surface area contributed by atoms with Gasteiger partial charge in [0.25, 0.3) is 0 Å². The molecule has 3 heterocycles. The molecule has 2 bridgehead atoms. The van der Waals surface area contributed by atoms with E-state index in [4.69, 9.17) is 0 Å². The number of likely N-dealkylation sites (tertiary alicyclic amines) is 1. The zero-order valence-electron chi connectivity index (χ0n) is 20.7. The summed E-state index contributed by atoms with van der Waals surface area (Å²) in [5, 5.41) is 9.48. The van der Waals surface area contributed by atoms with Gasteiger partial charge in [0.15, 0.2) is 0 Å². The average Bonchev–Trinajstić information content (AvgIpc) is 3.29. The fraction of sp³-hybridized carbons (Fsp3) is 0.720. The SMILES string of the molecule is C=CCN(C)C(=O)[C@H]1[C@H]2C(=O)N(CCCO)C(C(=O)N(CC=C)C(C)(C)C)C23CC[C@]1(C)S3. The van der Waals surface area contributed by atoms with Crippen LogP contribution in [0.5, 0.6) is 0 Å². The van der Waals surface area contributed by atoms with Gasteiger partial charge in [-0.25, -0.2) is 0 Å². The molecule has 1 N–H and O–H groups in total. The van der Waals surface area contributed by atoms with Crippen LogP contribution in [0.2, 0.25) is 0 Å². The standard InChI is InChI=1S/C25H39N3O4S/c1-8-13-26(7)20(30)17-18-21(31)27(15-10-16-29)19(25(18)12-11-24(17,6)33-25)22(32)28(14-9-2)23(3,4)5/h8-9,17-19,29H,1-2,10-16H2,3-7H3/t17-,18+,19?,24+,25?/m1/s1. The molecule has 1 spiro atoms. The zero-order valence-corrected chi connectivity index (χ0v) is 21.5. The van der Waals surface area contributed by atoms with Crippen molar-refractivity contribution in [1.82, 2.24) is 14.7 Å². The van der Waals surface area contributed by atoms with Gasteiger partial charge in [0.1, 0.15) is 6.04 Å². The number of aliphatic hydroxyl groups is 1. The molecule has 0 radical (unpaired) electrons. The van der Waals surface area contributed by atoms with E-state index in [1.807, 2.05) is 20.8 Å². The number of amides is 3. The number of aliphatic hydroxyl groups excluding tert-OH is 1. The Labute approximate surface area is 202 Å². The molecule has 3 saturated heterocycles. The van der Waals surface area contributed by atoms with E-state index in [-0.39, 0.29) is 29.1 Å². The van der Waals surface area contributed by atoms with Crippen molar-refractivity contribution in [3.63, 3.8) is 0 Å². The summed E-state index contributed by atoms with van der Waals surface area (Å²) in [6.45, 7) is 16.6. The minimum atomic E-state index is -0.657. The first kappa shape index (κ1) is 25.8. The number of hydrogen-bond acceptors (Lipinski definition) is 5. The summed E-state index contributed by atoms with van der Waals surface area (Å²) in [6, 6.07) is -0.657.